The van der Waals surface area contributed by atoms with Crippen molar-refractivity contribution in [3.63, 3.8) is 0 Å². The first kappa shape index (κ1) is 9.36. The van der Waals surface area contributed by atoms with E-state index in [1.807, 2.05) is 0 Å². The Hall–Kier alpha value is -0.640. The molecule has 1 N–H and O–H groups in total. The molecular weight excluding hydrogens is 139 g/mol. The Morgan fingerprint density at radius 3 is 2.60 bits per heavy atom. The number of hydrogen-bond donors (Lipinski definition) is 1. The van der Waals surface area contributed by atoms with Gasteiger partial charge in [-0.2, -0.15) is 0 Å². The van der Waals surface area contributed by atoms with E-state index in [1.54, 1.807) is 6.92 Å². The highest BCUT2D eigenvalue weighted by molar-refractivity contribution is 5.74. The summed E-state index contributed by atoms with van der Waals surface area (Å²) in [6.45, 7) is 2.84. The largest absolute Gasteiger partial charge is 0.464 e. The number of halogens is 1. The van der Waals surface area contributed by atoms with Crippen LogP contribution >= 0.6 is 0 Å². The second-order valence-electron chi connectivity index (χ2n) is 1.87. The lowest BCUT2D eigenvalue weighted by Gasteiger charge is -2.09. The summed E-state index contributed by atoms with van der Waals surface area (Å²) in [4.78, 5) is 10.5. The van der Waals surface area contributed by atoms with E-state index < -0.39 is 18.2 Å². The zero-order valence-corrected chi connectivity index (χ0v) is 6.00. The molecule has 0 aromatic rings. The number of ether oxygens (including phenoxy) is 1. The first-order valence-corrected chi connectivity index (χ1v) is 3.08. The third-order valence-electron chi connectivity index (χ3n) is 0.963. The van der Waals surface area contributed by atoms with Gasteiger partial charge in [0.15, 0.2) is 6.10 Å². The molecule has 0 spiro atoms. The van der Waals surface area contributed by atoms with Gasteiger partial charge in [-0.15, -0.1) is 0 Å². The Kier molecular flexibility index (Phi) is 3.95. The van der Waals surface area contributed by atoms with Crippen LogP contribution in [-0.2, 0) is 9.53 Å². The predicted molar refractivity (Wildman–Crippen MR) is 33.2 cm³/mol. The maximum absolute atomic E-state index is 12.1. The Morgan fingerprint density at radius 1 is 1.80 bits per heavy atom. The van der Waals surface area contributed by atoms with E-state index in [2.05, 4.69) is 4.74 Å². The minimum atomic E-state index is -1.64. The molecule has 2 atom stereocenters. The highest BCUT2D eigenvalue weighted by atomic mass is 19.1. The molecule has 0 aliphatic carbocycles. The molecule has 10 heavy (non-hydrogen) atoms. The van der Waals surface area contributed by atoms with E-state index >= 15 is 0 Å². The van der Waals surface area contributed by atoms with Gasteiger partial charge < -0.3 is 9.84 Å². The smallest absolute Gasteiger partial charge is 0.338 e. The number of hydrogen-bond acceptors (Lipinski definition) is 3. The number of carbonyl (C=O) groups is 1. The molecule has 0 bridgehead atoms. The summed E-state index contributed by atoms with van der Waals surface area (Å²) in [5.41, 5.74) is 0. The molecule has 0 saturated heterocycles. The minimum absolute atomic E-state index is 0.155. The molecule has 0 rings (SSSR count). The van der Waals surface area contributed by atoms with Crippen LogP contribution in [0.3, 0.4) is 0 Å². The molecule has 0 unspecified atom stereocenters. The molecule has 0 heterocycles. The van der Waals surface area contributed by atoms with Gasteiger partial charge in [0.25, 0.3) is 0 Å². The van der Waals surface area contributed by atoms with E-state index in [9.17, 15) is 9.18 Å². The molecule has 0 aliphatic heterocycles. The van der Waals surface area contributed by atoms with Crippen molar-refractivity contribution in [1.82, 2.24) is 0 Å². The Bertz CT molecular complexity index is 114. The van der Waals surface area contributed by atoms with E-state index in [0.29, 0.717) is 0 Å². The molecule has 4 heteroatoms. The van der Waals surface area contributed by atoms with Crippen LogP contribution in [0.1, 0.15) is 13.8 Å². The summed E-state index contributed by atoms with van der Waals surface area (Å²) in [7, 11) is 0. The van der Waals surface area contributed by atoms with Gasteiger partial charge in [0.2, 0.25) is 0 Å². The summed E-state index contributed by atoms with van der Waals surface area (Å²) in [5.74, 6) is -0.905. The average molecular weight is 150 g/mol. The number of carbonyl (C=O) groups excluding carboxylic acids is 1. The molecule has 0 fully saturated rings. The first-order valence-electron chi connectivity index (χ1n) is 3.08. The molecule has 0 saturated carbocycles. The highest BCUT2D eigenvalue weighted by Crippen LogP contribution is 1.99. The fraction of sp³-hybridized carbons (Fsp3) is 0.833. The third-order valence-corrected chi connectivity index (χ3v) is 0.963. The molecular formula is C6H11FO3. The number of aliphatic hydroxyl groups excluding tert-OH is 1. The van der Waals surface area contributed by atoms with Crippen LogP contribution in [0.5, 0.6) is 0 Å². The predicted octanol–water partition coefficient (Wildman–Crippen LogP) is 0.268. The highest BCUT2D eigenvalue weighted by Gasteiger charge is 2.22. The van der Waals surface area contributed by atoms with Crippen molar-refractivity contribution < 1.29 is 19.0 Å². The van der Waals surface area contributed by atoms with Gasteiger partial charge in [-0.25, -0.2) is 9.18 Å². The van der Waals surface area contributed by atoms with Gasteiger partial charge >= 0.3 is 5.97 Å². The van der Waals surface area contributed by atoms with Crippen LogP contribution in [0, 0.1) is 0 Å². The Balaban J connectivity index is 3.71. The second kappa shape index (κ2) is 4.22. The lowest BCUT2D eigenvalue weighted by Crippen LogP contribution is -2.30. The van der Waals surface area contributed by atoms with Crippen molar-refractivity contribution in [2.75, 3.05) is 6.61 Å². The van der Waals surface area contributed by atoms with Crippen molar-refractivity contribution in [1.29, 1.82) is 0 Å². The maximum Gasteiger partial charge on any atom is 0.338 e. The van der Waals surface area contributed by atoms with Crippen LogP contribution in [0.15, 0.2) is 0 Å². The SMILES string of the molecule is CCOC(=O)[C@@H](O)[C@H](C)F. The topological polar surface area (TPSA) is 46.5 Å². The lowest BCUT2D eigenvalue weighted by atomic mass is 10.2. The van der Waals surface area contributed by atoms with Gasteiger partial charge in [0.1, 0.15) is 6.17 Å². The minimum Gasteiger partial charge on any atom is -0.464 e. The van der Waals surface area contributed by atoms with E-state index in [4.69, 9.17) is 5.11 Å². The van der Waals surface area contributed by atoms with Crippen LogP contribution in [0.2, 0.25) is 0 Å². The third kappa shape index (κ3) is 2.77. The first-order chi connectivity index (χ1) is 4.59. The standard InChI is InChI=1S/C6H11FO3/c1-3-10-6(9)5(8)4(2)7/h4-5,8H,3H2,1-2H3/t4-,5-/m0/s1. The van der Waals surface area contributed by atoms with Crippen LogP contribution in [-0.4, -0.2) is 30.0 Å². The van der Waals surface area contributed by atoms with Gasteiger partial charge in [-0.05, 0) is 13.8 Å². The van der Waals surface area contributed by atoms with Crippen molar-refractivity contribution in [3.8, 4) is 0 Å². The van der Waals surface area contributed by atoms with Crippen LogP contribution < -0.4 is 0 Å². The Labute approximate surface area is 58.8 Å². The van der Waals surface area contributed by atoms with Crippen molar-refractivity contribution in [2.45, 2.75) is 26.1 Å². The fourth-order valence-electron chi connectivity index (χ4n) is 0.415. The zero-order chi connectivity index (χ0) is 8.15. The average Bonchev–Trinajstić information content (AvgIpc) is 1.87. The van der Waals surface area contributed by atoms with E-state index in [1.165, 1.54) is 0 Å². The zero-order valence-electron chi connectivity index (χ0n) is 6.00. The molecule has 0 amide bonds. The number of aliphatic hydroxyl groups is 1. The maximum atomic E-state index is 12.1. The van der Waals surface area contributed by atoms with E-state index in [-0.39, 0.29) is 6.61 Å². The summed E-state index contributed by atoms with van der Waals surface area (Å²) in [6, 6.07) is 0. The van der Waals surface area contributed by atoms with Crippen LogP contribution in [0.4, 0.5) is 4.39 Å². The Morgan fingerprint density at radius 2 is 2.30 bits per heavy atom. The molecule has 0 aromatic heterocycles. The number of rotatable bonds is 3. The summed E-state index contributed by atoms with van der Waals surface area (Å²) in [5, 5.41) is 8.68. The van der Waals surface area contributed by atoms with Gasteiger partial charge in [-0.3, -0.25) is 0 Å². The fourth-order valence-corrected chi connectivity index (χ4v) is 0.415. The molecule has 0 aliphatic rings. The van der Waals surface area contributed by atoms with Gasteiger partial charge in [0, 0.05) is 0 Å². The number of esters is 1. The molecule has 0 radical (unpaired) electrons. The molecule has 60 valence electrons. The lowest BCUT2D eigenvalue weighted by molar-refractivity contribution is -0.156. The summed E-state index contributed by atoms with van der Waals surface area (Å²) < 4.78 is 16.5. The van der Waals surface area contributed by atoms with Gasteiger partial charge in [-0.1, -0.05) is 0 Å². The number of alkyl halides is 1. The van der Waals surface area contributed by atoms with Gasteiger partial charge in [0.05, 0.1) is 6.61 Å². The van der Waals surface area contributed by atoms with Crippen molar-refractivity contribution in [3.05, 3.63) is 0 Å². The van der Waals surface area contributed by atoms with Crippen molar-refractivity contribution in [2.24, 2.45) is 0 Å². The van der Waals surface area contributed by atoms with E-state index in [0.717, 1.165) is 6.92 Å². The summed E-state index contributed by atoms with van der Waals surface area (Å²) in [6.07, 6.45) is -3.21. The van der Waals surface area contributed by atoms with Crippen molar-refractivity contribution >= 4 is 5.97 Å². The molecule has 0 aromatic carbocycles. The van der Waals surface area contributed by atoms with Crippen LogP contribution in [0.25, 0.3) is 0 Å². The summed E-state index contributed by atoms with van der Waals surface area (Å²) >= 11 is 0. The molecule has 3 nitrogen and oxygen atoms in total. The monoisotopic (exact) mass is 150 g/mol. The second-order valence-corrected chi connectivity index (χ2v) is 1.87. The quantitative estimate of drug-likeness (QED) is 0.587. The normalized spacial score (nSPS) is 16.0.